The second-order valence-electron chi connectivity index (χ2n) is 5.40. The number of thiophene rings is 1. The van der Waals surface area contributed by atoms with Gasteiger partial charge in [-0.25, -0.2) is 0 Å². The average molecular weight is 320 g/mol. The van der Waals surface area contributed by atoms with Crippen molar-refractivity contribution in [3.05, 3.63) is 53.0 Å². The summed E-state index contributed by atoms with van der Waals surface area (Å²) in [4.78, 5) is 6.42. The van der Waals surface area contributed by atoms with Crippen molar-refractivity contribution in [2.24, 2.45) is 0 Å². The lowest BCUT2D eigenvalue weighted by Gasteiger charge is -2.17. The summed E-state index contributed by atoms with van der Waals surface area (Å²) >= 11 is 1.64. The summed E-state index contributed by atoms with van der Waals surface area (Å²) in [5.74, 6) is 1.68. The van der Waals surface area contributed by atoms with E-state index in [4.69, 9.17) is 5.10 Å². The van der Waals surface area contributed by atoms with Gasteiger partial charge in [0.15, 0.2) is 17.3 Å². The van der Waals surface area contributed by atoms with Gasteiger partial charge < -0.3 is 4.90 Å². The molecular formula is C16H12N6S. The molecule has 1 aliphatic heterocycles. The van der Waals surface area contributed by atoms with Crippen LogP contribution in [0.1, 0.15) is 5.56 Å². The quantitative estimate of drug-likeness (QED) is 0.568. The van der Waals surface area contributed by atoms with E-state index in [1.165, 1.54) is 11.3 Å². The highest BCUT2D eigenvalue weighted by Crippen LogP contribution is 2.32. The third kappa shape index (κ3) is 1.93. The van der Waals surface area contributed by atoms with Crippen LogP contribution in [0.3, 0.4) is 0 Å². The second-order valence-corrected chi connectivity index (χ2v) is 6.18. The number of rotatable bonds is 2. The van der Waals surface area contributed by atoms with E-state index in [0.29, 0.717) is 0 Å². The fourth-order valence-corrected chi connectivity index (χ4v) is 3.60. The SMILES string of the molecule is c1cc2c(cn1)CCN2c1ccc2nnc(-c3ccsc3)n2n1. The summed E-state index contributed by atoms with van der Waals surface area (Å²) in [7, 11) is 0. The molecule has 0 N–H and O–H groups in total. The van der Waals surface area contributed by atoms with Gasteiger partial charge in [-0.05, 0) is 41.6 Å². The molecule has 0 spiro atoms. The fourth-order valence-electron chi connectivity index (χ4n) is 2.96. The molecule has 5 rings (SSSR count). The predicted molar refractivity (Wildman–Crippen MR) is 89.0 cm³/mol. The summed E-state index contributed by atoms with van der Waals surface area (Å²) < 4.78 is 1.82. The fraction of sp³-hybridized carbons (Fsp3) is 0.125. The number of nitrogens with zero attached hydrogens (tertiary/aromatic N) is 6. The summed E-state index contributed by atoms with van der Waals surface area (Å²) in [5, 5.41) is 17.4. The molecule has 112 valence electrons. The monoisotopic (exact) mass is 320 g/mol. The van der Waals surface area contributed by atoms with E-state index in [-0.39, 0.29) is 0 Å². The molecule has 0 saturated heterocycles. The Labute approximate surface area is 136 Å². The zero-order valence-corrected chi connectivity index (χ0v) is 12.9. The lowest BCUT2D eigenvalue weighted by atomic mass is 10.2. The van der Waals surface area contributed by atoms with Crippen LogP contribution in [0.4, 0.5) is 11.5 Å². The Morgan fingerprint density at radius 3 is 3.00 bits per heavy atom. The second kappa shape index (κ2) is 4.85. The Morgan fingerprint density at radius 2 is 2.09 bits per heavy atom. The molecule has 0 fully saturated rings. The van der Waals surface area contributed by atoms with Crippen LogP contribution in [-0.4, -0.2) is 31.3 Å². The smallest absolute Gasteiger partial charge is 0.186 e. The first-order valence-corrected chi connectivity index (χ1v) is 8.30. The first kappa shape index (κ1) is 12.7. The summed E-state index contributed by atoms with van der Waals surface area (Å²) in [6.45, 7) is 0.912. The van der Waals surface area contributed by atoms with Crippen molar-refractivity contribution in [2.45, 2.75) is 6.42 Å². The van der Waals surface area contributed by atoms with Gasteiger partial charge in [0.1, 0.15) is 0 Å². The van der Waals surface area contributed by atoms with Crippen LogP contribution in [0.2, 0.25) is 0 Å². The molecule has 0 saturated carbocycles. The maximum absolute atomic E-state index is 4.77. The molecule has 6 nitrogen and oxygen atoms in total. The van der Waals surface area contributed by atoms with Crippen molar-refractivity contribution in [1.82, 2.24) is 24.8 Å². The lowest BCUT2D eigenvalue weighted by Crippen LogP contribution is -2.16. The average Bonchev–Trinajstić information content (AvgIpc) is 3.32. The van der Waals surface area contributed by atoms with Crippen molar-refractivity contribution >= 4 is 28.5 Å². The highest BCUT2D eigenvalue weighted by molar-refractivity contribution is 7.08. The van der Waals surface area contributed by atoms with Crippen LogP contribution in [0.5, 0.6) is 0 Å². The zero-order chi connectivity index (χ0) is 15.2. The number of anilines is 2. The zero-order valence-electron chi connectivity index (χ0n) is 12.1. The molecule has 0 amide bonds. The van der Waals surface area contributed by atoms with Crippen molar-refractivity contribution in [3.8, 4) is 11.4 Å². The minimum Gasteiger partial charge on any atom is -0.324 e. The highest BCUT2D eigenvalue weighted by Gasteiger charge is 2.22. The van der Waals surface area contributed by atoms with Gasteiger partial charge in [0.2, 0.25) is 0 Å². The molecule has 0 radical (unpaired) electrons. The Balaban J connectivity index is 1.65. The third-order valence-electron chi connectivity index (χ3n) is 4.08. The number of hydrogen-bond acceptors (Lipinski definition) is 6. The molecular weight excluding hydrogens is 308 g/mol. The van der Waals surface area contributed by atoms with Gasteiger partial charge in [0.05, 0.1) is 0 Å². The molecule has 0 unspecified atom stereocenters. The number of aromatic nitrogens is 5. The summed E-state index contributed by atoms with van der Waals surface area (Å²) in [6.07, 6.45) is 4.75. The molecule has 0 bridgehead atoms. The molecule has 1 aliphatic rings. The molecule has 0 aromatic carbocycles. The van der Waals surface area contributed by atoms with Gasteiger partial charge in [-0.3, -0.25) is 4.98 Å². The Kier molecular flexibility index (Phi) is 2.68. The Morgan fingerprint density at radius 1 is 1.09 bits per heavy atom. The topological polar surface area (TPSA) is 59.2 Å². The van der Waals surface area contributed by atoms with E-state index in [9.17, 15) is 0 Å². The van der Waals surface area contributed by atoms with Crippen LogP contribution in [0.25, 0.3) is 17.0 Å². The molecule has 23 heavy (non-hydrogen) atoms. The van der Waals surface area contributed by atoms with Crippen LogP contribution in [0.15, 0.2) is 47.4 Å². The number of fused-ring (bicyclic) bond motifs is 2. The summed E-state index contributed by atoms with van der Waals surface area (Å²) in [5.41, 5.74) is 4.23. The molecule has 5 heterocycles. The molecule has 7 heteroatoms. The normalized spacial score (nSPS) is 13.7. The van der Waals surface area contributed by atoms with Gasteiger partial charge >= 0.3 is 0 Å². The van der Waals surface area contributed by atoms with Gasteiger partial charge in [-0.15, -0.1) is 15.3 Å². The third-order valence-corrected chi connectivity index (χ3v) is 4.76. The highest BCUT2D eigenvalue weighted by atomic mass is 32.1. The molecule has 4 aromatic heterocycles. The molecule has 4 aromatic rings. The Bertz CT molecular complexity index is 991. The molecule has 0 atom stereocenters. The van der Waals surface area contributed by atoms with E-state index in [1.54, 1.807) is 11.3 Å². The van der Waals surface area contributed by atoms with Crippen LogP contribution >= 0.6 is 11.3 Å². The largest absolute Gasteiger partial charge is 0.324 e. The maximum Gasteiger partial charge on any atom is 0.186 e. The number of hydrogen-bond donors (Lipinski definition) is 0. The van der Waals surface area contributed by atoms with Crippen molar-refractivity contribution in [2.75, 3.05) is 11.4 Å². The number of pyridine rings is 1. The van der Waals surface area contributed by atoms with Crippen molar-refractivity contribution in [1.29, 1.82) is 0 Å². The van der Waals surface area contributed by atoms with Crippen molar-refractivity contribution in [3.63, 3.8) is 0 Å². The van der Waals surface area contributed by atoms with E-state index >= 15 is 0 Å². The standard InChI is InChI=1S/C16H12N6S/c1-2-15(21-7-4-11-9-17-6-3-13(11)21)20-22-14(1)18-19-16(22)12-5-8-23-10-12/h1-3,5-6,8-10H,4,7H2. The van der Waals surface area contributed by atoms with Gasteiger partial charge in [0, 0.05) is 35.6 Å². The first-order chi connectivity index (χ1) is 11.4. The minimum absolute atomic E-state index is 0.754. The van der Waals surface area contributed by atoms with E-state index in [0.717, 1.165) is 35.8 Å². The van der Waals surface area contributed by atoms with Crippen LogP contribution in [0, 0.1) is 0 Å². The minimum atomic E-state index is 0.754. The van der Waals surface area contributed by atoms with E-state index in [2.05, 4.69) is 25.5 Å². The van der Waals surface area contributed by atoms with Crippen LogP contribution < -0.4 is 4.90 Å². The van der Waals surface area contributed by atoms with Crippen LogP contribution in [-0.2, 0) is 6.42 Å². The van der Waals surface area contributed by atoms with E-state index < -0.39 is 0 Å². The van der Waals surface area contributed by atoms with Gasteiger partial charge in [0.25, 0.3) is 0 Å². The maximum atomic E-state index is 4.77. The Hall–Kier alpha value is -2.80. The van der Waals surface area contributed by atoms with E-state index in [1.807, 2.05) is 46.6 Å². The van der Waals surface area contributed by atoms with Crippen molar-refractivity contribution < 1.29 is 0 Å². The molecule has 0 aliphatic carbocycles. The predicted octanol–water partition coefficient (Wildman–Crippen LogP) is 2.94. The van der Waals surface area contributed by atoms with Gasteiger partial charge in [-0.1, -0.05) is 0 Å². The lowest BCUT2D eigenvalue weighted by molar-refractivity contribution is 0.887. The van der Waals surface area contributed by atoms with Gasteiger partial charge in [-0.2, -0.15) is 15.9 Å². The first-order valence-electron chi connectivity index (χ1n) is 7.35. The summed E-state index contributed by atoms with van der Waals surface area (Å²) in [6, 6.07) is 8.04.